The van der Waals surface area contributed by atoms with E-state index in [1.165, 1.54) is 17.8 Å². The lowest BCUT2D eigenvalue weighted by Gasteiger charge is -2.22. The van der Waals surface area contributed by atoms with Gasteiger partial charge in [0.2, 0.25) is 5.43 Å². The van der Waals surface area contributed by atoms with Gasteiger partial charge in [0.1, 0.15) is 0 Å². The molecule has 0 aliphatic rings. The Labute approximate surface area is 118 Å². The molecular formula is C16H20N2O2. The monoisotopic (exact) mass is 272 g/mol. The maximum Gasteiger partial charge on any atom is 0.223 e. The minimum atomic E-state index is -0.325. The molecule has 0 bridgehead atoms. The second kappa shape index (κ2) is 6.39. The summed E-state index contributed by atoms with van der Waals surface area (Å²) in [5, 5.41) is 9.40. The van der Waals surface area contributed by atoms with Crippen molar-refractivity contribution >= 4 is 0 Å². The molecule has 0 saturated carbocycles. The molecule has 2 aromatic rings. The molecule has 20 heavy (non-hydrogen) atoms. The Morgan fingerprint density at radius 2 is 1.90 bits per heavy atom. The molecule has 1 heterocycles. The fourth-order valence-corrected chi connectivity index (χ4v) is 2.16. The molecule has 0 fully saturated rings. The van der Waals surface area contributed by atoms with Crippen LogP contribution in [0, 0.1) is 0 Å². The van der Waals surface area contributed by atoms with Gasteiger partial charge in [0.25, 0.3) is 0 Å². The minimum absolute atomic E-state index is 0.206. The van der Waals surface area contributed by atoms with Gasteiger partial charge in [0.05, 0.1) is 0 Å². The Morgan fingerprint density at radius 1 is 1.20 bits per heavy atom. The van der Waals surface area contributed by atoms with Crippen molar-refractivity contribution in [3.8, 4) is 5.75 Å². The summed E-state index contributed by atoms with van der Waals surface area (Å²) >= 11 is 0. The van der Waals surface area contributed by atoms with Crippen LogP contribution in [0.5, 0.6) is 5.75 Å². The lowest BCUT2D eigenvalue weighted by atomic mass is 10.2. The molecule has 1 N–H and O–H groups in total. The maximum atomic E-state index is 11.5. The molecular weight excluding hydrogens is 252 g/mol. The van der Waals surface area contributed by atoms with Crippen molar-refractivity contribution in [2.45, 2.75) is 20.0 Å². The van der Waals surface area contributed by atoms with Crippen molar-refractivity contribution in [2.24, 2.45) is 7.05 Å². The second-order valence-electron chi connectivity index (χ2n) is 4.91. The highest BCUT2D eigenvalue weighted by Crippen LogP contribution is 2.10. The number of aromatic nitrogens is 1. The summed E-state index contributed by atoms with van der Waals surface area (Å²) in [5.41, 5.74) is 1.82. The van der Waals surface area contributed by atoms with Crippen LogP contribution < -0.4 is 5.43 Å². The predicted molar refractivity (Wildman–Crippen MR) is 79.6 cm³/mol. The fourth-order valence-electron chi connectivity index (χ4n) is 2.16. The molecule has 0 radical (unpaired) electrons. The number of benzene rings is 1. The van der Waals surface area contributed by atoms with E-state index in [2.05, 4.69) is 24.0 Å². The summed E-state index contributed by atoms with van der Waals surface area (Å²) in [7, 11) is 1.84. The third-order valence-corrected chi connectivity index (χ3v) is 3.40. The number of nitrogens with zero attached hydrogens (tertiary/aromatic N) is 2. The maximum absolute atomic E-state index is 11.5. The summed E-state index contributed by atoms with van der Waals surface area (Å²) in [5.74, 6) is -0.206. The quantitative estimate of drug-likeness (QED) is 0.906. The number of hydrogen-bond donors (Lipinski definition) is 1. The van der Waals surface area contributed by atoms with E-state index in [4.69, 9.17) is 0 Å². The van der Waals surface area contributed by atoms with Crippen molar-refractivity contribution < 1.29 is 5.11 Å². The first-order valence-corrected chi connectivity index (χ1v) is 6.75. The number of rotatable bonds is 5. The van der Waals surface area contributed by atoms with E-state index in [0.29, 0.717) is 6.54 Å². The van der Waals surface area contributed by atoms with Gasteiger partial charge >= 0.3 is 0 Å². The summed E-state index contributed by atoms with van der Waals surface area (Å²) in [6, 6.07) is 11.8. The number of hydrogen-bond acceptors (Lipinski definition) is 3. The van der Waals surface area contributed by atoms with E-state index < -0.39 is 0 Å². The van der Waals surface area contributed by atoms with Crippen LogP contribution in [0.1, 0.15) is 18.2 Å². The number of pyridine rings is 1. The van der Waals surface area contributed by atoms with Gasteiger partial charge in [-0.2, -0.15) is 0 Å². The molecule has 0 saturated heterocycles. The van der Waals surface area contributed by atoms with Gasteiger partial charge in [-0.1, -0.05) is 37.3 Å². The van der Waals surface area contributed by atoms with Crippen molar-refractivity contribution in [2.75, 3.05) is 6.54 Å². The fraction of sp³-hybridized carbons (Fsp3) is 0.312. The summed E-state index contributed by atoms with van der Waals surface area (Å²) in [6.45, 7) is 4.51. The Kier molecular flexibility index (Phi) is 4.58. The molecule has 0 spiro atoms. The lowest BCUT2D eigenvalue weighted by molar-refractivity contribution is 0.264. The molecule has 2 rings (SSSR count). The van der Waals surface area contributed by atoms with Crippen LogP contribution in [0.2, 0.25) is 0 Å². The Balaban J connectivity index is 2.14. The van der Waals surface area contributed by atoms with E-state index in [1.54, 1.807) is 4.57 Å². The van der Waals surface area contributed by atoms with Gasteiger partial charge in [0.15, 0.2) is 5.75 Å². The van der Waals surface area contributed by atoms with Gasteiger partial charge in [-0.3, -0.25) is 9.69 Å². The topological polar surface area (TPSA) is 45.5 Å². The molecule has 0 aliphatic heterocycles. The smallest absolute Gasteiger partial charge is 0.223 e. The summed E-state index contributed by atoms with van der Waals surface area (Å²) < 4.78 is 1.80. The van der Waals surface area contributed by atoms with Gasteiger partial charge in [-0.05, 0) is 12.1 Å². The lowest BCUT2D eigenvalue weighted by Crippen LogP contribution is -2.25. The summed E-state index contributed by atoms with van der Waals surface area (Å²) in [4.78, 5) is 13.8. The number of aromatic hydroxyl groups is 1. The van der Waals surface area contributed by atoms with Crippen LogP contribution in [0.25, 0.3) is 0 Å². The summed E-state index contributed by atoms with van der Waals surface area (Å²) in [6.07, 6.45) is 1.47. The van der Waals surface area contributed by atoms with Crippen LogP contribution in [0.15, 0.2) is 47.4 Å². The van der Waals surface area contributed by atoms with E-state index in [9.17, 15) is 9.90 Å². The first kappa shape index (κ1) is 14.3. The van der Waals surface area contributed by atoms with Gasteiger partial charge in [-0.15, -0.1) is 0 Å². The zero-order chi connectivity index (χ0) is 14.5. The molecule has 0 aliphatic carbocycles. The first-order chi connectivity index (χ1) is 9.60. The van der Waals surface area contributed by atoms with Crippen LogP contribution in [0.4, 0.5) is 0 Å². The van der Waals surface area contributed by atoms with E-state index in [1.807, 2.05) is 25.2 Å². The standard InChI is InChI=1S/C16H20N2O2/c1-3-18(10-13-7-5-4-6-8-13)11-14-9-15(19)16(20)12-17(14)2/h4-9,12,20H,3,10-11H2,1-2H3. The predicted octanol–water partition coefficient (Wildman–Crippen LogP) is 2.11. The van der Waals surface area contributed by atoms with Gasteiger partial charge in [-0.25, -0.2) is 0 Å². The highest BCUT2D eigenvalue weighted by molar-refractivity contribution is 5.20. The van der Waals surface area contributed by atoms with Crippen LogP contribution in [-0.4, -0.2) is 21.1 Å². The Bertz CT molecular complexity index is 620. The molecule has 0 atom stereocenters. The average Bonchev–Trinajstić information content (AvgIpc) is 2.45. The zero-order valence-corrected chi connectivity index (χ0v) is 11.9. The van der Waals surface area contributed by atoms with Crippen molar-refractivity contribution in [1.82, 2.24) is 9.47 Å². The van der Waals surface area contributed by atoms with Crippen LogP contribution >= 0.6 is 0 Å². The van der Waals surface area contributed by atoms with Crippen molar-refractivity contribution in [3.63, 3.8) is 0 Å². The highest BCUT2D eigenvalue weighted by atomic mass is 16.3. The molecule has 1 aromatic carbocycles. The molecule has 1 aromatic heterocycles. The van der Waals surface area contributed by atoms with Crippen molar-refractivity contribution in [1.29, 1.82) is 0 Å². The van der Waals surface area contributed by atoms with E-state index in [-0.39, 0.29) is 11.2 Å². The third-order valence-electron chi connectivity index (χ3n) is 3.40. The molecule has 4 heteroatoms. The van der Waals surface area contributed by atoms with Gasteiger partial charge in [0, 0.05) is 38.1 Å². The normalized spacial score (nSPS) is 10.9. The molecule has 4 nitrogen and oxygen atoms in total. The third kappa shape index (κ3) is 3.48. The average molecular weight is 272 g/mol. The van der Waals surface area contributed by atoms with Crippen LogP contribution in [-0.2, 0) is 20.1 Å². The van der Waals surface area contributed by atoms with Gasteiger partial charge < -0.3 is 9.67 Å². The largest absolute Gasteiger partial charge is 0.503 e. The number of aryl methyl sites for hydroxylation is 1. The molecule has 0 unspecified atom stereocenters. The minimum Gasteiger partial charge on any atom is -0.503 e. The molecule has 0 amide bonds. The highest BCUT2D eigenvalue weighted by Gasteiger charge is 2.09. The Morgan fingerprint density at radius 3 is 2.55 bits per heavy atom. The van der Waals surface area contributed by atoms with E-state index in [0.717, 1.165) is 18.8 Å². The zero-order valence-electron chi connectivity index (χ0n) is 11.9. The molecule has 106 valence electrons. The SMILES string of the molecule is CCN(Cc1ccccc1)Cc1cc(=O)c(O)cn1C. The van der Waals surface area contributed by atoms with Crippen LogP contribution in [0.3, 0.4) is 0 Å². The van der Waals surface area contributed by atoms with E-state index >= 15 is 0 Å². The van der Waals surface area contributed by atoms with Crippen molar-refractivity contribution in [3.05, 3.63) is 64.1 Å². The Hall–Kier alpha value is -2.07. The first-order valence-electron chi connectivity index (χ1n) is 6.75. The second-order valence-corrected chi connectivity index (χ2v) is 4.91.